The van der Waals surface area contributed by atoms with Crippen molar-refractivity contribution in [3.05, 3.63) is 35.4 Å². The normalized spacial score (nSPS) is 7.52. The molecule has 0 aliphatic carbocycles. The molecule has 0 heteroatoms. The second-order valence-corrected chi connectivity index (χ2v) is 4.05. The molecule has 0 aliphatic rings. The molecular formula is C21H44. The van der Waals surface area contributed by atoms with Crippen LogP contribution in [0.1, 0.15) is 99.1 Å². The third-order valence-electron chi connectivity index (χ3n) is 2.49. The van der Waals surface area contributed by atoms with Crippen LogP contribution in [0.5, 0.6) is 0 Å². The van der Waals surface area contributed by atoms with Crippen molar-refractivity contribution in [1.29, 1.82) is 0 Å². The summed E-state index contributed by atoms with van der Waals surface area (Å²) in [4.78, 5) is 0. The largest absolute Gasteiger partial charge is 0.0683 e. The van der Waals surface area contributed by atoms with E-state index in [4.69, 9.17) is 0 Å². The van der Waals surface area contributed by atoms with Crippen LogP contribution in [0.2, 0.25) is 0 Å². The first kappa shape index (κ1) is 28.4. The molecule has 0 amide bonds. The fourth-order valence-electron chi connectivity index (χ4n) is 1.32. The summed E-state index contributed by atoms with van der Waals surface area (Å²) in [5.74, 6) is 0. The van der Waals surface area contributed by atoms with Crippen LogP contribution in [-0.2, 0) is 6.42 Å². The van der Waals surface area contributed by atoms with Crippen LogP contribution in [0, 0.1) is 6.92 Å². The van der Waals surface area contributed by atoms with E-state index in [1.54, 1.807) is 0 Å². The zero-order valence-electron chi connectivity index (χ0n) is 16.8. The van der Waals surface area contributed by atoms with Gasteiger partial charge in [-0.1, -0.05) is 118 Å². The molecule has 0 heterocycles. The van der Waals surface area contributed by atoms with Gasteiger partial charge in [-0.25, -0.2) is 0 Å². The van der Waals surface area contributed by atoms with Crippen LogP contribution < -0.4 is 0 Å². The molecule has 1 aromatic rings. The minimum Gasteiger partial charge on any atom is -0.0683 e. The highest BCUT2D eigenvalue weighted by Crippen LogP contribution is 2.02. The molecule has 0 radical (unpaired) electrons. The Morgan fingerprint density at radius 1 is 0.619 bits per heavy atom. The minimum atomic E-state index is 1.14. The lowest BCUT2D eigenvalue weighted by atomic mass is 10.1. The van der Waals surface area contributed by atoms with E-state index in [0.717, 1.165) is 6.42 Å². The molecule has 0 atom stereocenters. The van der Waals surface area contributed by atoms with Crippen molar-refractivity contribution in [3.8, 4) is 0 Å². The van der Waals surface area contributed by atoms with Crippen LogP contribution in [0.25, 0.3) is 0 Å². The second kappa shape index (κ2) is 31.6. The molecule has 1 rings (SSSR count). The van der Waals surface area contributed by atoms with E-state index >= 15 is 0 Å². The van der Waals surface area contributed by atoms with Gasteiger partial charge in [-0.3, -0.25) is 0 Å². The van der Waals surface area contributed by atoms with Gasteiger partial charge >= 0.3 is 0 Å². The van der Waals surface area contributed by atoms with Crippen molar-refractivity contribution in [2.75, 3.05) is 0 Å². The number of benzene rings is 1. The Kier molecular flexibility index (Phi) is 42.7. The first-order valence-electron chi connectivity index (χ1n) is 9.30. The third-order valence-corrected chi connectivity index (χ3v) is 2.49. The monoisotopic (exact) mass is 296 g/mol. The van der Waals surface area contributed by atoms with Gasteiger partial charge in [-0.05, 0) is 18.9 Å². The molecule has 0 aromatic heterocycles. The van der Waals surface area contributed by atoms with Crippen LogP contribution in [-0.4, -0.2) is 0 Å². The fourth-order valence-corrected chi connectivity index (χ4v) is 1.32. The number of aryl methyl sites for hydroxylation is 2. The highest BCUT2D eigenvalue weighted by molar-refractivity contribution is 5.20. The lowest BCUT2D eigenvalue weighted by molar-refractivity contribution is 0.702. The molecule has 0 bridgehead atoms. The van der Waals surface area contributed by atoms with Crippen LogP contribution in [0.4, 0.5) is 0 Å². The highest BCUT2D eigenvalue weighted by atomic mass is 13.9. The summed E-state index contributed by atoms with van der Waals surface area (Å²) in [5.41, 5.74) is 2.76. The Morgan fingerprint density at radius 3 is 1.19 bits per heavy atom. The maximum atomic E-state index is 2.23. The van der Waals surface area contributed by atoms with Gasteiger partial charge < -0.3 is 0 Å². The number of rotatable bonds is 4. The number of hydrogen-bond donors (Lipinski definition) is 0. The van der Waals surface area contributed by atoms with Crippen LogP contribution in [0.15, 0.2) is 24.3 Å². The van der Waals surface area contributed by atoms with Gasteiger partial charge in [0.05, 0.1) is 0 Å². The van der Waals surface area contributed by atoms with E-state index in [1.807, 2.05) is 41.5 Å². The van der Waals surface area contributed by atoms with E-state index in [9.17, 15) is 0 Å². The summed E-state index contributed by atoms with van der Waals surface area (Å²) in [7, 11) is 0. The molecule has 0 N–H and O–H groups in total. The zero-order valence-corrected chi connectivity index (χ0v) is 16.8. The van der Waals surface area contributed by atoms with Crippen molar-refractivity contribution in [3.63, 3.8) is 0 Å². The van der Waals surface area contributed by atoms with Gasteiger partial charge in [0.15, 0.2) is 0 Å². The topological polar surface area (TPSA) is 0 Å². The molecule has 0 aliphatic heterocycles. The summed E-state index contributed by atoms with van der Waals surface area (Å²) in [6.45, 7) is 20.7. The first-order valence-corrected chi connectivity index (χ1v) is 9.30. The van der Waals surface area contributed by atoms with Gasteiger partial charge in [0, 0.05) is 0 Å². The quantitative estimate of drug-likeness (QED) is 0.491. The van der Waals surface area contributed by atoms with Gasteiger partial charge in [0.1, 0.15) is 0 Å². The van der Waals surface area contributed by atoms with E-state index < -0.39 is 0 Å². The Bertz CT molecular complexity index is 216. The molecule has 0 saturated carbocycles. The molecule has 0 fully saturated rings. The first-order chi connectivity index (χ1) is 10.2. The van der Waals surface area contributed by atoms with Crippen molar-refractivity contribution in [2.24, 2.45) is 0 Å². The lowest BCUT2D eigenvalue weighted by Crippen LogP contribution is -1.77. The fraction of sp³-hybridized carbons (Fsp3) is 0.714. The van der Waals surface area contributed by atoms with Gasteiger partial charge in [0.2, 0.25) is 0 Å². The van der Waals surface area contributed by atoms with E-state index in [2.05, 4.69) is 52.0 Å². The Balaban J connectivity index is -0.000000106. The Hall–Kier alpha value is -0.780. The molecule has 0 nitrogen and oxygen atoms in total. The number of unbranched alkanes of at least 4 members (excludes halogenated alkanes) is 3. The summed E-state index contributed by atoms with van der Waals surface area (Å²) in [6, 6.07) is 8.66. The third kappa shape index (κ3) is 28.2. The zero-order chi connectivity index (χ0) is 17.5. The van der Waals surface area contributed by atoms with Gasteiger partial charge in [-0.2, -0.15) is 0 Å². The molecule has 0 spiro atoms. The average molecular weight is 297 g/mol. The molecule has 0 saturated heterocycles. The predicted molar refractivity (Wildman–Crippen MR) is 104 cm³/mol. The molecule has 0 unspecified atom stereocenters. The van der Waals surface area contributed by atoms with Gasteiger partial charge in [-0.15, -0.1) is 0 Å². The van der Waals surface area contributed by atoms with Crippen molar-refractivity contribution in [1.82, 2.24) is 0 Å². The van der Waals surface area contributed by atoms with Crippen LogP contribution >= 0.6 is 0 Å². The molecule has 1 aromatic carbocycles. The maximum absolute atomic E-state index is 2.23. The lowest BCUT2D eigenvalue weighted by Gasteiger charge is -1.94. The second-order valence-electron chi connectivity index (χ2n) is 4.05. The highest BCUT2D eigenvalue weighted by Gasteiger charge is 1.84. The van der Waals surface area contributed by atoms with Gasteiger partial charge in [0.25, 0.3) is 0 Å². The van der Waals surface area contributed by atoms with Crippen molar-refractivity contribution < 1.29 is 0 Å². The van der Waals surface area contributed by atoms with Crippen molar-refractivity contribution >= 4 is 0 Å². The smallest absolute Gasteiger partial charge is 0.0307 e. The summed E-state index contributed by atoms with van der Waals surface area (Å²) in [5, 5.41) is 0. The van der Waals surface area contributed by atoms with Crippen molar-refractivity contribution in [2.45, 2.75) is 101 Å². The average Bonchev–Trinajstić information content (AvgIpc) is 2.59. The van der Waals surface area contributed by atoms with E-state index in [1.165, 1.54) is 36.8 Å². The maximum Gasteiger partial charge on any atom is -0.0307 e. The van der Waals surface area contributed by atoms with E-state index in [0.29, 0.717) is 0 Å². The minimum absolute atomic E-state index is 1.14. The summed E-state index contributed by atoms with van der Waals surface area (Å²) < 4.78 is 0. The SMILES string of the molecule is CC.CC.CC.CCCCCC.CCc1ccc(C)cc1. The summed E-state index contributed by atoms with van der Waals surface area (Å²) in [6.07, 6.45) is 6.68. The summed E-state index contributed by atoms with van der Waals surface area (Å²) >= 11 is 0. The molecule has 21 heavy (non-hydrogen) atoms. The molecule has 128 valence electrons. The van der Waals surface area contributed by atoms with Crippen LogP contribution in [0.3, 0.4) is 0 Å². The Morgan fingerprint density at radius 2 is 0.952 bits per heavy atom. The standard InChI is InChI=1S/C9H12.C6H14.3C2H6/c1-3-9-6-4-8(2)5-7-9;1-3-5-6-4-2;3*1-2/h4-7H,3H2,1-2H3;3-6H2,1-2H3;3*1-2H3. The number of hydrogen-bond acceptors (Lipinski definition) is 0. The predicted octanol–water partition coefficient (Wildman–Crippen LogP) is 8.22. The molecular weight excluding hydrogens is 252 g/mol. The van der Waals surface area contributed by atoms with E-state index in [-0.39, 0.29) is 0 Å². The Labute approximate surface area is 137 Å².